The van der Waals surface area contributed by atoms with E-state index in [-0.39, 0.29) is 24.1 Å². The van der Waals surface area contributed by atoms with Crippen molar-refractivity contribution in [3.8, 4) is 0 Å². The first kappa shape index (κ1) is 14.5. The van der Waals surface area contributed by atoms with Gasteiger partial charge >= 0.3 is 0 Å². The van der Waals surface area contributed by atoms with Gasteiger partial charge in [-0.3, -0.25) is 14.4 Å². The molecule has 2 amide bonds. The number of piperidine rings is 2. The summed E-state index contributed by atoms with van der Waals surface area (Å²) in [6.07, 6.45) is 3.88. The fourth-order valence-electron chi connectivity index (χ4n) is 3.77. The lowest BCUT2D eigenvalue weighted by atomic mass is 9.87. The van der Waals surface area contributed by atoms with Gasteiger partial charge in [0.1, 0.15) is 0 Å². The molecule has 3 saturated heterocycles. The van der Waals surface area contributed by atoms with Crippen LogP contribution in [-0.2, 0) is 14.4 Å². The number of hydrogen-bond acceptors (Lipinski definition) is 4. The molecule has 3 aliphatic heterocycles. The number of ketones is 1. The molecule has 0 spiro atoms. The minimum Gasteiger partial charge on any atom is -0.378 e. The van der Waals surface area contributed by atoms with E-state index >= 15 is 0 Å². The van der Waals surface area contributed by atoms with Crippen LogP contribution in [0.3, 0.4) is 0 Å². The number of rotatable bonds is 0. The van der Waals surface area contributed by atoms with Gasteiger partial charge in [-0.1, -0.05) is 0 Å². The average molecular weight is 294 g/mol. The second-order valence-corrected chi connectivity index (χ2v) is 6.43. The Bertz CT molecular complexity index is 478. The second-order valence-electron chi connectivity index (χ2n) is 6.43. The van der Waals surface area contributed by atoms with Gasteiger partial charge in [-0.2, -0.15) is 0 Å². The summed E-state index contributed by atoms with van der Waals surface area (Å²) in [7, 11) is 0. The van der Waals surface area contributed by atoms with Gasteiger partial charge in [-0.05, 0) is 32.1 Å². The van der Waals surface area contributed by atoms with Gasteiger partial charge < -0.3 is 14.9 Å². The maximum Gasteiger partial charge on any atom is 0.256 e. The predicted molar refractivity (Wildman–Crippen MR) is 74.4 cm³/mol. The summed E-state index contributed by atoms with van der Waals surface area (Å²) in [4.78, 5) is 40.1. The molecule has 0 aromatic rings. The topological polar surface area (TPSA) is 77.9 Å². The van der Waals surface area contributed by atoms with Crippen molar-refractivity contribution in [3.63, 3.8) is 0 Å². The molecule has 0 saturated carbocycles. The van der Waals surface area contributed by atoms with Crippen LogP contribution in [0.1, 0.15) is 44.9 Å². The van der Waals surface area contributed by atoms with Crippen molar-refractivity contribution in [2.45, 2.75) is 56.6 Å². The minimum absolute atomic E-state index is 0.0302. The van der Waals surface area contributed by atoms with Crippen LogP contribution in [0.4, 0.5) is 0 Å². The first-order chi connectivity index (χ1) is 10.0. The van der Waals surface area contributed by atoms with E-state index in [1.807, 2.05) is 0 Å². The SMILES string of the molecule is O=C1CCCN2CCC[C@](O)(CN3C(=O)CCC[C@H]13)C2=O. The third-order valence-corrected chi connectivity index (χ3v) is 4.92. The van der Waals surface area contributed by atoms with E-state index in [1.165, 1.54) is 4.90 Å². The summed E-state index contributed by atoms with van der Waals surface area (Å²) in [5, 5.41) is 10.7. The van der Waals surface area contributed by atoms with Gasteiger partial charge in [-0.15, -0.1) is 0 Å². The quantitative estimate of drug-likeness (QED) is 0.686. The van der Waals surface area contributed by atoms with Crippen LogP contribution in [0, 0.1) is 0 Å². The molecule has 3 heterocycles. The Balaban J connectivity index is 1.92. The first-order valence-electron chi connectivity index (χ1n) is 7.85. The molecule has 2 bridgehead atoms. The number of carbonyl (C=O) groups excluding carboxylic acids is 3. The minimum atomic E-state index is -1.51. The maximum atomic E-state index is 12.5. The molecule has 116 valence electrons. The Labute approximate surface area is 124 Å². The Morgan fingerprint density at radius 2 is 1.81 bits per heavy atom. The van der Waals surface area contributed by atoms with E-state index in [9.17, 15) is 19.5 Å². The van der Waals surface area contributed by atoms with Crippen molar-refractivity contribution in [1.82, 2.24) is 9.80 Å². The Morgan fingerprint density at radius 1 is 1.05 bits per heavy atom. The Hall–Kier alpha value is -1.43. The maximum absolute atomic E-state index is 12.5. The number of hydrogen-bond donors (Lipinski definition) is 1. The van der Waals surface area contributed by atoms with Gasteiger partial charge in [0, 0.05) is 25.9 Å². The number of carbonyl (C=O) groups is 3. The predicted octanol–water partition coefficient (Wildman–Crippen LogP) is 0.0839. The van der Waals surface area contributed by atoms with Crippen LogP contribution >= 0.6 is 0 Å². The van der Waals surface area contributed by atoms with E-state index in [0.29, 0.717) is 51.6 Å². The summed E-state index contributed by atoms with van der Waals surface area (Å²) in [6.45, 7) is 1.12. The van der Waals surface area contributed by atoms with Crippen LogP contribution in [-0.4, -0.2) is 63.8 Å². The van der Waals surface area contributed by atoms with E-state index in [4.69, 9.17) is 0 Å². The van der Waals surface area contributed by atoms with Crippen molar-refractivity contribution < 1.29 is 19.5 Å². The van der Waals surface area contributed by atoms with E-state index in [1.54, 1.807) is 4.90 Å². The lowest BCUT2D eigenvalue weighted by molar-refractivity contribution is -0.166. The molecule has 21 heavy (non-hydrogen) atoms. The van der Waals surface area contributed by atoms with Gasteiger partial charge in [-0.25, -0.2) is 0 Å². The zero-order chi connectivity index (χ0) is 15.0. The lowest BCUT2D eigenvalue weighted by Crippen LogP contribution is -2.62. The molecule has 0 aliphatic carbocycles. The fraction of sp³-hybridized carbons (Fsp3) is 0.800. The molecule has 6 heteroatoms. The summed E-state index contributed by atoms with van der Waals surface area (Å²) >= 11 is 0. The standard InChI is InChI=1S/C15H22N2O4/c18-12-5-2-8-16-9-3-7-15(21,14(16)20)10-17-11(12)4-1-6-13(17)19/h11,21H,1-10H2/t11-,15+/m1/s1. The molecule has 0 unspecified atom stereocenters. The van der Waals surface area contributed by atoms with Crippen LogP contribution in [0.25, 0.3) is 0 Å². The van der Waals surface area contributed by atoms with E-state index < -0.39 is 11.6 Å². The van der Waals surface area contributed by atoms with Crippen molar-refractivity contribution >= 4 is 17.6 Å². The van der Waals surface area contributed by atoms with Gasteiger partial charge in [0.2, 0.25) is 5.91 Å². The smallest absolute Gasteiger partial charge is 0.256 e. The van der Waals surface area contributed by atoms with E-state index in [0.717, 1.165) is 6.42 Å². The molecule has 3 rings (SSSR count). The highest BCUT2D eigenvalue weighted by Gasteiger charge is 2.47. The number of nitrogens with zero attached hydrogens (tertiary/aromatic N) is 2. The average Bonchev–Trinajstić information content (AvgIpc) is 2.45. The number of aliphatic hydroxyl groups is 1. The van der Waals surface area contributed by atoms with Crippen LogP contribution < -0.4 is 0 Å². The van der Waals surface area contributed by atoms with Gasteiger partial charge in [0.25, 0.3) is 5.91 Å². The Kier molecular flexibility index (Phi) is 3.73. The molecule has 1 N–H and O–H groups in total. The molecular formula is C15H22N2O4. The van der Waals surface area contributed by atoms with Crippen molar-refractivity contribution in [3.05, 3.63) is 0 Å². The largest absolute Gasteiger partial charge is 0.378 e. The highest BCUT2D eigenvalue weighted by atomic mass is 16.3. The summed E-state index contributed by atoms with van der Waals surface area (Å²) in [5.41, 5.74) is -1.51. The van der Waals surface area contributed by atoms with E-state index in [2.05, 4.69) is 0 Å². The number of amides is 2. The highest BCUT2D eigenvalue weighted by Crippen LogP contribution is 2.29. The lowest BCUT2D eigenvalue weighted by Gasteiger charge is -2.44. The third kappa shape index (κ3) is 2.57. The number of Topliss-reactive ketones (excluding diaryl/α,β-unsaturated/α-hetero) is 1. The normalized spacial score (nSPS) is 34.7. The molecule has 0 aromatic carbocycles. The Morgan fingerprint density at radius 3 is 2.62 bits per heavy atom. The summed E-state index contributed by atoms with van der Waals surface area (Å²) in [5.74, 6) is -0.320. The summed E-state index contributed by atoms with van der Waals surface area (Å²) < 4.78 is 0. The molecule has 3 aliphatic rings. The summed E-state index contributed by atoms with van der Waals surface area (Å²) in [6, 6.07) is -0.448. The molecule has 0 aromatic heterocycles. The molecule has 6 nitrogen and oxygen atoms in total. The van der Waals surface area contributed by atoms with Gasteiger partial charge in [0.15, 0.2) is 11.4 Å². The van der Waals surface area contributed by atoms with Crippen molar-refractivity contribution in [1.29, 1.82) is 0 Å². The first-order valence-corrected chi connectivity index (χ1v) is 7.85. The number of fused-ring (bicyclic) bond motifs is 3. The molecule has 3 fully saturated rings. The molecular weight excluding hydrogens is 272 g/mol. The zero-order valence-corrected chi connectivity index (χ0v) is 12.2. The van der Waals surface area contributed by atoms with Crippen LogP contribution in [0.15, 0.2) is 0 Å². The third-order valence-electron chi connectivity index (χ3n) is 4.92. The monoisotopic (exact) mass is 294 g/mol. The highest BCUT2D eigenvalue weighted by molar-refractivity contribution is 5.92. The van der Waals surface area contributed by atoms with Crippen LogP contribution in [0.2, 0.25) is 0 Å². The second kappa shape index (κ2) is 5.40. The molecule has 2 atom stereocenters. The molecule has 0 radical (unpaired) electrons. The van der Waals surface area contributed by atoms with Crippen molar-refractivity contribution in [2.24, 2.45) is 0 Å². The fourth-order valence-corrected chi connectivity index (χ4v) is 3.77. The van der Waals surface area contributed by atoms with Crippen molar-refractivity contribution in [2.75, 3.05) is 19.6 Å². The van der Waals surface area contributed by atoms with Gasteiger partial charge in [0.05, 0.1) is 12.6 Å². The van der Waals surface area contributed by atoms with Crippen LogP contribution in [0.5, 0.6) is 0 Å². The zero-order valence-electron chi connectivity index (χ0n) is 12.2.